The summed E-state index contributed by atoms with van der Waals surface area (Å²) in [4.78, 5) is 2.55. The molecule has 0 aromatic heterocycles. The van der Waals surface area contributed by atoms with Gasteiger partial charge in [0.25, 0.3) is 0 Å². The van der Waals surface area contributed by atoms with Crippen LogP contribution in [0.25, 0.3) is 0 Å². The van der Waals surface area contributed by atoms with Crippen LogP contribution < -0.4 is 10.2 Å². The average Bonchev–Trinajstić information content (AvgIpc) is 2.40. The van der Waals surface area contributed by atoms with Crippen molar-refractivity contribution in [3.8, 4) is 0 Å². The maximum absolute atomic E-state index is 3.56. The lowest BCUT2D eigenvalue weighted by molar-refractivity contribution is 0.423. The predicted molar refractivity (Wildman–Crippen MR) is 74.7 cm³/mol. The number of nitrogens with one attached hydrogen (secondary N) is 1. The van der Waals surface area contributed by atoms with Gasteiger partial charge in [-0.25, -0.2) is 0 Å². The predicted octanol–water partition coefficient (Wildman–Crippen LogP) is 2.83. The average molecular weight is 232 g/mol. The fraction of sp³-hybridized carbons (Fsp3) is 0.600. The van der Waals surface area contributed by atoms with Crippen molar-refractivity contribution in [3.05, 3.63) is 29.8 Å². The minimum Gasteiger partial charge on any atom is -0.371 e. The van der Waals surface area contributed by atoms with Crippen LogP contribution in [0, 0.1) is 0 Å². The highest BCUT2D eigenvalue weighted by molar-refractivity contribution is 5.54. The SMILES string of the molecule is CCNC1CCN(c2ccccc2CC)CC1. The topological polar surface area (TPSA) is 15.3 Å². The summed E-state index contributed by atoms with van der Waals surface area (Å²) in [6.45, 7) is 7.91. The van der Waals surface area contributed by atoms with Gasteiger partial charge in [0.1, 0.15) is 0 Å². The van der Waals surface area contributed by atoms with Crippen molar-refractivity contribution in [2.45, 2.75) is 39.2 Å². The lowest BCUT2D eigenvalue weighted by Crippen LogP contribution is -2.42. The molecule has 1 aliphatic heterocycles. The number of anilines is 1. The van der Waals surface area contributed by atoms with E-state index in [4.69, 9.17) is 0 Å². The summed E-state index contributed by atoms with van der Waals surface area (Å²) >= 11 is 0. The summed E-state index contributed by atoms with van der Waals surface area (Å²) in [6.07, 6.45) is 3.67. The summed E-state index contributed by atoms with van der Waals surface area (Å²) in [5.41, 5.74) is 2.93. The van der Waals surface area contributed by atoms with Gasteiger partial charge >= 0.3 is 0 Å². The van der Waals surface area contributed by atoms with Gasteiger partial charge in [0.05, 0.1) is 0 Å². The first-order valence-corrected chi connectivity index (χ1v) is 6.91. The highest BCUT2D eigenvalue weighted by Crippen LogP contribution is 2.24. The van der Waals surface area contributed by atoms with Gasteiger partial charge in [0.15, 0.2) is 0 Å². The Labute approximate surface area is 105 Å². The third-order valence-electron chi connectivity index (χ3n) is 3.70. The fourth-order valence-electron chi connectivity index (χ4n) is 2.73. The molecule has 1 aromatic carbocycles. The molecule has 17 heavy (non-hydrogen) atoms. The van der Waals surface area contributed by atoms with E-state index in [1.165, 1.54) is 37.2 Å². The molecule has 0 saturated carbocycles. The molecule has 0 radical (unpaired) electrons. The summed E-state index contributed by atoms with van der Waals surface area (Å²) in [5.74, 6) is 0. The number of piperidine rings is 1. The quantitative estimate of drug-likeness (QED) is 0.858. The lowest BCUT2D eigenvalue weighted by Gasteiger charge is -2.35. The molecular formula is C15H24N2. The fourth-order valence-corrected chi connectivity index (χ4v) is 2.73. The van der Waals surface area contributed by atoms with Gasteiger partial charge in [-0.05, 0) is 37.4 Å². The van der Waals surface area contributed by atoms with E-state index < -0.39 is 0 Å². The van der Waals surface area contributed by atoms with Crippen LogP contribution in [0.1, 0.15) is 32.3 Å². The van der Waals surface area contributed by atoms with Crippen LogP contribution in [0.5, 0.6) is 0 Å². The van der Waals surface area contributed by atoms with Crippen LogP contribution in [0.15, 0.2) is 24.3 Å². The molecule has 1 N–H and O–H groups in total. The highest BCUT2D eigenvalue weighted by atomic mass is 15.1. The zero-order valence-corrected chi connectivity index (χ0v) is 11.1. The molecule has 0 unspecified atom stereocenters. The van der Waals surface area contributed by atoms with Gasteiger partial charge in [-0.2, -0.15) is 0 Å². The largest absolute Gasteiger partial charge is 0.371 e. The maximum Gasteiger partial charge on any atom is 0.0398 e. The number of aryl methyl sites for hydroxylation is 1. The Balaban J connectivity index is 2.00. The molecule has 2 nitrogen and oxygen atoms in total. The Hall–Kier alpha value is -1.02. The van der Waals surface area contributed by atoms with Crippen molar-refractivity contribution >= 4 is 5.69 Å². The first kappa shape index (κ1) is 12.4. The van der Waals surface area contributed by atoms with E-state index in [1.807, 2.05) is 0 Å². The van der Waals surface area contributed by atoms with Crippen LogP contribution >= 0.6 is 0 Å². The van der Waals surface area contributed by atoms with Crippen LogP contribution in [-0.2, 0) is 6.42 Å². The molecule has 0 spiro atoms. The Bertz CT molecular complexity index is 341. The first-order valence-electron chi connectivity index (χ1n) is 6.91. The molecule has 1 saturated heterocycles. The summed E-state index contributed by atoms with van der Waals surface area (Å²) in [7, 11) is 0. The molecule has 2 heteroatoms. The van der Waals surface area contributed by atoms with Crippen LogP contribution in [-0.4, -0.2) is 25.7 Å². The molecular weight excluding hydrogens is 208 g/mol. The molecule has 0 bridgehead atoms. The third-order valence-corrected chi connectivity index (χ3v) is 3.70. The van der Waals surface area contributed by atoms with Gasteiger partial charge in [-0.15, -0.1) is 0 Å². The zero-order valence-electron chi connectivity index (χ0n) is 11.1. The van der Waals surface area contributed by atoms with Crippen molar-refractivity contribution in [1.29, 1.82) is 0 Å². The van der Waals surface area contributed by atoms with E-state index in [9.17, 15) is 0 Å². The monoisotopic (exact) mass is 232 g/mol. The molecule has 1 heterocycles. The van der Waals surface area contributed by atoms with Crippen molar-refractivity contribution in [3.63, 3.8) is 0 Å². The first-order chi connectivity index (χ1) is 8.35. The van der Waals surface area contributed by atoms with E-state index in [-0.39, 0.29) is 0 Å². The summed E-state index contributed by atoms with van der Waals surface area (Å²) < 4.78 is 0. The van der Waals surface area contributed by atoms with Crippen molar-refractivity contribution < 1.29 is 0 Å². The van der Waals surface area contributed by atoms with Gasteiger partial charge in [0, 0.05) is 24.8 Å². The highest BCUT2D eigenvalue weighted by Gasteiger charge is 2.19. The summed E-state index contributed by atoms with van der Waals surface area (Å²) in [5, 5.41) is 3.56. The van der Waals surface area contributed by atoms with Crippen LogP contribution in [0.4, 0.5) is 5.69 Å². The van der Waals surface area contributed by atoms with E-state index in [0.717, 1.165) is 19.0 Å². The smallest absolute Gasteiger partial charge is 0.0398 e. The van der Waals surface area contributed by atoms with Gasteiger partial charge in [-0.3, -0.25) is 0 Å². The molecule has 0 amide bonds. The molecule has 1 fully saturated rings. The maximum atomic E-state index is 3.56. The van der Waals surface area contributed by atoms with Gasteiger partial charge in [-0.1, -0.05) is 32.0 Å². The lowest BCUT2D eigenvalue weighted by atomic mass is 10.0. The Morgan fingerprint density at radius 3 is 2.53 bits per heavy atom. The second-order valence-corrected chi connectivity index (χ2v) is 4.80. The van der Waals surface area contributed by atoms with E-state index in [0.29, 0.717) is 0 Å². The third kappa shape index (κ3) is 3.01. The van der Waals surface area contributed by atoms with Gasteiger partial charge < -0.3 is 10.2 Å². The molecule has 0 aliphatic carbocycles. The molecule has 2 rings (SSSR count). The molecule has 1 aromatic rings. The number of rotatable bonds is 4. The number of benzene rings is 1. The number of hydrogen-bond acceptors (Lipinski definition) is 2. The van der Waals surface area contributed by atoms with Crippen molar-refractivity contribution in [1.82, 2.24) is 5.32 Å². The van der Waals surface area contributed by atoms with Crippen LogP contribution in [0.3, 0.4) is 0 Å². The Kier molecular flexibility index (Phi) is 4.43. The Morgan fingerprint density at radius 1 is 1.18 bits per heavy atom. The van der Waals surface area contributed by atoms with Crippen molar-refractivity contribution in [2.24, 2.45) is 0 Å². The minimum atomic E-state index is 0.727. The standard InChI is InChI=1S/C15H24N2/c1-3-13-7-5-6-8-15(13)17-11-9-14(10-12-17)16-4-2/h5-8,14,16H,3-4,9-12H2,1-2H3. The van der Waals surface area contributed by atoms with E-state index in [2.05, 4.69) is 48.3 Å². The van der Waals surface area contributed by atoms with Gasteiger partial charge in [0.2, 0.25) is 0 Å². The molecule has 0 atom stereocenters. The minimum absolute atomic E-state index is 0.727. The van der Waals surface area contributed by atoms with Crippen molar-refractivity contribution in [2.75, 3.05) is 24.5 Å². The van der Waals surface area contributed by atoms with Crippen LogP contribution in [0.2, 0.25) is 0 Å². The second kappa shape index (κ2) is 6.06. The number of para-hydroxylation sites is 1. The number of nitrogens with zero attached hydrogens (tertiary/aromatic N) is 1. The second-order valence-electron chi connectivity index (χ2n) is 4.80. The normalized spacial score (nSPS) is 17.4. The molecule has 1 aliphatic rings. The Morgan fingerprint density at radius 2 is 1.88 bits per heavy atom. The number of hydrogen-bond donors (Lipinski definition) is 1. The summed E-state index contributed by atoms with van der Waals surface area (Å²) in [6, 6.07) is 9.56. The zero-order chi connectivity index (χ0) is 12.1. The van der Waals surface area contributed by atoms with E-state index in [1.54, 1.807) is 0 Å². The van der Waals surface area contributed by atoms with E-state index >= 15 is 0 Å². The molecule has 94 valence electrons.